The molecule has 1 fully saturated rings. The highest BCUT2D eigenvalue weighted by Gasteiger charge is 2.50. The average molecular weight is 90.1 g/mol. The molecule has 0 N–H and O–H groups in total. The Balaban J connectivity index is 2.48. The van der Waals surface area contributed by atoms with Gasteiger partial charge in [0.25, 0.3) is 0 Å². The van der Waals surface area contributed by atoms with Crippen molar-refractivity contribution in [1.82, 2.24) is 0 Å². The summed E-state index contributed by atoms with van der Waals surface area (Å²) >= 11 is 0. The topological polar surface area (TPSA) is 0 Å². The molecule has 0 spiro atoms. The van der Waals surface area contributed by atoms with Gasteiger partial charge in [-0.1, -0.05) is 11.6 Å². The van der Waals surface area contributed by atoms with Crippen LogP contribution in [0.4, 0.5) is 0 Å². The molecule has 1 atom stereocenters. The number of hydrogen-bond donors (Lipinski definition) is 0. The molecule has 0 aromatic rings. The van der Waals surface area contributed by atoms with Gasteiger partial charge in [-0.25, -0.2) is 0 Å². The van der Waals surface area contributed by atoms with E-state index < -0.39 is 0 Å². The lowest BCUT2D eigenvalue weighted by atomic mass is 9.95. The van der Waals surface area contributed by atoms with E-state index in [2.05, 4.69) is 6.08 Å². The molecule has 7 heavy (non-hydrogen) atoms. The molecule has 3 rings (SSSR count). The molecule has 0 aromatic heterocycles. The smallest absolute Gasteiger partial charge is 0.0129 e. The molecule has 0 nitrogen and oxygen atoms in total. The fourth-order valence-electron chi connectivity index (χ4n) is 1.85. The lowest BCUT2D eigenvalue weighted by Crippen LogP contribution is -1.94. The van der Waals surface area contributed by atoms with Gasteiger partial charge in [-0.2, -0.15) is 0 Å². The predicted octanol–water partition coefficient (Wildman–Crippen LogP) is 1.65. The van der Waals surface area contributed by atoms with Gasteiger partial charge in [-0.15, -0.1) is 0 Å². The van der Waals surface area contributed by atoms with Crippen LogP contribution in [0.25, 0.3) is 0 Å². The van der Waals surface area contributed by atoms with Crippen LogP contribution in [0.2, 0.25) is 0 Å². The van der Waals surface area contributed by atoms with Gasteiger partial charge < -0.3 is 0 Å². The highest BCUT2D eigenvalue weighted by atomic mass is 14.5. The summed E-state index contributed by atoms with van der Waals surface area (Å²) in [5.41, 5.74) is 5.20. The van der Waals surface area contributed by atoms with E-state index in [1.165, 1.54) is 12.8 Å². The van der Waals surface area contributed by atoms with E-state index in [-0.39, 0.29) is 0 Å². The van der Waals surface area contributed by atoms with Crippen LogP contribution in [0.5, 0.6) is 0 Å². The second-order valence-electron chi connectivity index (χ2n) is 2.64. The van der Waals surface area contributed by atoms with Gasteiger partial charge >= 0.3 is 0 Å². The fraction of sp³-hybridized carbons (Fsp3) is 0.429. The minimum Gasteiger partial charge on any atom is -0.0763 e. The molecular formula is C7H6. The fourth-order valence-corrected chi connectivity index (χ4v) is 1.85. The number of rotatable bonds is 0. The minimum absolute atomic E-state index is 1.00. The molecule has 0 radical (unpaired) electrons. The first-order valence-corrected chi connectivity index (χ1v) is 2.89. The molecule has 1 unspecified atom stereocenters. The van der Waals surface area contributed by atoms with Crippen molar-refractivity contribution < 1.29 is 0 Å². The van der Waals surface area contributed by atoms with Crippen LogP contribution in [0, 0.1) is 5.92 Å². The standard InChI is InChI=1S/C7H6/c1-2-5-6-3-4(1)7(5)6/h2,6H,1,3H2. The summed E-state index contributed by atoms with van der Waals surface area (Å²) in [4.78, 5) is 0. The first kappa shape index (κ1) is 2.71. The van der Waals surface area contributed by atoms with Crippen molar-refractivity contribution in [2.75, 3.05) is 0 Å². The Hall–Kier alpha value is -0.520. The van der Waals surface area contributed by atoms with E-state index in [4.69, 9.17) is 0 Å². The summed E-state index contributed by atoms with van der Waals surface area (Å²) in [6.45, 7) is 0. The number of hydrogen-bond acceptors (Lipinski definition) is 0. The van der Waals surface area contributed by atoms with Crippen LogP contribution in [0.1, 0.15) is 12.8 Å². The van der Waals surface area contributed by atoms with E-state index >= 15 is 0 Å². The molecule has 3 aliphatic carbocycles. The highest BCUT2D eigenvalue weighted by Crippen LogP contribution is 2.64. The third-order valence-corrected chi connectivity index (χ3v) is 2.35. The van der Waals surface area contributed by atoms with E-state index in [9.17, 15) is 0 Å². The van der Waals surface area contributed by atoms with Crippen LogP contribution >= 0.6 is 0 Å². The number of allylic oxidation sites excluding steroid dienone is 4. The summed E-state index contributed by atoms with van der Waals surface area (Å²) in [7, 11) is 0. The van der Waals surface area contributed by atoms with Crippen molar-refractivity contribution in [3.63, 3.8) is 0 Å². The van der Waals surface area contributed by atoms with Crippen molar-refractivity contribution in [2.24, 2.45) is 5.92 Å². The zero-order chi connectivity index (χ0) is 4.43. The van der Waals surface area contributed by atoms with Crippen LogP contribution in [-0.4, -0.2) is 0 Å². The molecule has 0 amide bonds. The quantitative estimate of drug-likeness (QED) is 0.424. The van der Waals surface area contributed by atoms with Gasteiger partial charge in [0.2, 0.25) is 0 Å². The lowest BCUT2D eigenvalue weighted by molar-refractivity contribution is 0.772. The summed E-state index contributed by atoms with van der Waals surface area (Å²) in [6, 6.07) is 0. The molecule has 1 saturated carbocycles. The Morgan fingerprint density at radius 3 is 2.71 bits per heavy atom. The highest BCUT2D eigenvalue weighted by molar-refractivity contribution is 5.70. The van der Waals surface area contributed by atoms with Crippen molar-refractivity contribution in [3.05, 3.63) is 22.8 Å². The Bertz CT molecular complexity index is 203. The first-order valence-electron chi connectivity index (χ1n) is 2.89. The van der Waals surface area contributed by atoms with Gasteiger partial charge in [-0.05, 0) is 24.0 Å². The minimum atomic E-state index is 1.00. The molecule has 0 saturated heterocycles. The van der Waals surface area contributed by atoms with Crippen molar-refractivity contribution in [1.29, 1.82) is 0 Å². The first-order chi connectivity index (χ1) is 3.47. The maximum absolute atomic E-state index is 2.39. The molecule has 3 aliphatic rings. The van der Waals surface area contributed by atoms with Crippen molar-refractivity contribution in [3.8, 4) is 0 Å². The van der Waals surface area contributed by atoms with Crippen LogP contribution in [0.15, 0.2) is 22.8 Å². The van der Waals surface area contributed by atoms with Crippen LogP contribution in [0.3, 0.4) is 0 Å². The van der Waals surface area contributed by atoms with Gasteiger partial charge in [0.1, 0.15) is 0 Å². The van der Waals surface area contributed by atoms with E-state index in [1.807, 2.05) is 0 Å². The second kappa shape index (κ2) is 0.525. The second-order valence-corrected chi connectivity index (χ2v) is 2.64. The molecule has 0 heterocycles. The Kier molecular flexibility index (Phi) is 0.203. The summed E-state index contributed by atoms with van der Waals surface area (Å²) in [5.74, 6) is 1.00. The van der Waals surface area contributed by atoms with Gasteiger partial charge in [0.05, 0.1) is 0 Å². The Labute approximate surface area is 42.5 Å². The maximum Gasteiger partial charge on any atom is 0.0129 e. The van der Waals surface area contributed by atoms with E-state index in [0.717, 1.165) is 5.92 Å². The molecule has 0 aliphatic heterocycles. The van der Waals surface area contributed by atoms with Crippen molar-refractivity contribution >= 4 is 0 Å². The number of fused-ring (bicyclic) bond motifs is 1. The zero-order valence-corrected chi connectivity index (χ0v) is 4.07. The van der Waals surface area contributed by atoms with Gasteiger partial charge in [-0.3, -0.25) is 0 Å². The molecule has 0 heteroatoms. The molecule has 0 bridgehead atoms. The van der Waals surface area contributed by atoms with Crippen LogP contribution in [-0.2, 0) is 0 Å². The average Bonchev–Trinajstić information content (AvgIpc) is 2.02. The predicted molar refractivity (Wildman–Crippen MR) is 27.8 cm³/mol. The lowest BCUT2D eigenvalue weighted by Gasteiger charge is -2.09. The monoisotopic (exact) mass is 90.0 g/mol. The molecule has 34 valence electrons. The Morgan fingerprint density at radius 1 is 1.57 bits per heavy atom. The largest absolute Gasteiger partial charge is 0.0763 e. The third-order valence-electron chi connectivity index (χ3n) is 2.35. The van der Waals surface area contributed by atoms with Gasteiger partial charge in [0, 0.05) is 5.92 Å². The van der Waals surface area contributed by atoms with E-state index in [0.29, 0.717) is 0 Å². The van der Waals surface area contributed by atoms with Crippen molar-refractivity contribution in [2.45, 2.75) is 12.8 Å². The SMILES string of the molecule is C1=C2C3=C(C1)CC23. The maximum atomic E-state index is 2.39. The van der Waals surface area contributed by atoms with Gasteiger partial charge in [0.15, 0.2) is 0 Å². The van der Waals surface area contributed by atoms with Crippen LogP contribution < -0.4 is 0 Å². The molecular weight excluding hydrogens is 84.1 g/mol. The third kappa shape index (κ3) is 0.131. The summed E-state index contributed by atoms with van der Waals surface area (Å²) in [5, 5.41) is 0. The van der Waals surface area contributed by atoms with E-state index in [1.54, 1.807) is 16.7 Å². The summed E-state index contributed by atoms with van der Waals surface area (Å²) in [6.07, 6.45) is 5.13. The summed E-state index contributed by atoms with van der Waals surface area (Å²) < 4.78 is 0. The Morgan fingerprint density at radius 2 is 2.57 bits per heavy atom. The molecule has 0 aromatic carbocycles. The zero-order valence-electron chi connectivity index (χ0n) is 4.07. The normalized spacial score (nSPS) is 40.0.